The quantitative estimate of drug-likeness (QED) is 0.410. The zero-order chi connectivity index (χ0) is 10.8. The lowest BCUT2D eigenvalue weighted by Gasteiger charge is -2.13. The van der Waals surface area contributed by atoms with Gasteiger partial charge in [0.05, 0.1) is 5.56 Å². The van der Waals surface area contributed by atoms with E-state index in [4.69, 9.17) is 0 Å². The van der Waals surface area contributed by atoms with Gasteiger partial charge in [0.15, 0.2) is 0 Å². The van der Waals surface area contributed by atoms with Gasteiger partial charge in [-0.25, -0.2) is 18.0 Å². The molecule has 1 unspecified atom stereocenters. The predicted octanol–water partition coefficient (Wildman–Crippen LogP) is 2.44. The lowest BCUT2D eigenvalue weighted by Crippen LogP contribution is -2.14. The highest BCUT2D eigenvalue weighted by atomic mass is 19.2. The third kappa shape index (κ3) is 2.00. The number of isocyanates is 1. The second-order valence-electron chi connectivity index (χ2n) is 2.78. The molecular weight excluding hydrogens is 195 g/mol. The minimum absolute atomic E-state index is 0.624. The molecule has 0 spiro atoms. The van der Waals surface area contributed by atoms with Crippen LogP contribution in [0.1, 0.15) is 12.5 Å². The third-order valence-corrected chi connectivity index (χ3v) is 1.68. The molecule has 0 aliphatic carbocycles. The molecule has 0 N–H and O–H groups in total. The van der Waals surface area contributed by atoms with Crippen molar-refractivity contribution in [1.82, 2.24) is 0 Å². The van der Waals surface area contributed by atoms with Crippen LogP contribution < -0.4 is 0 Å². The number of hydrogen-bond acceptors (Lipinski definition) is 2. The van der Waals surface area contributed by atoms with Crippen LogP contribution in [-0.2, 0) is 10.6 Å². The minimum atomic E-state index is -2.59. The van der Waals surface area contributed by atoms with Crippen LogP contribution in [0.25, 0.3) is 0 Å². The van der Waals surface area contributed by atoms with Crippen molar-refractivity contribution in [2.75, 3.05) is 0 Å². The molecule has 1 aromatic rings. The number of aliphatic imine (C=N–C) groups is 1. The van der Waals surface area contributed by atoms with Crippen LogP contribution >= 0.6 is 0 Å². The highest BCUT2D eigenvalue weighted by molar-refractivity contribution is 5.37. The average molecular weight is 201 g/mol. The summed E-state index contributed by atoms with van der Waals surface area (Å²) in [6.45, 7) is 0.843. The molecule has 0 amide bonds. The summed E-state index contributed by atoms with van der Waals surface area (Å²) < 4.78 is 39.1. The summed E-state index contributed by atoms with van der Waals surface area (Å²) >= 11 is 0. The van der Waals surface area contributed by atoms with E-state index >= 15 is 0 Å². The smallest absolute Gasteiger partial charge is 0.212 e. The van der Waals surface area contributed by atoms with Crippen molar-refractivity contribution in [1.29, 1.82) is 0 Å². The van der Waals surface area contributed by atoms with Gasteiger partial charge < -0.3 is 0 Å². The summed E-state index contributed by atoms with van der Waals surface area (Å²) in [6.07, 6.45) is 0.964. The highest BCUT2D eigenvalue weighted by Crippen LogP contribution is 2.29. The van der Waals surface area contributed by atoms with Crippen LogP contribution in [-0.4, -0.2) is 6.08 Å². The van der Waals surface area contributed by atoms with Crippen LogP contribution in [0.2, 0.25) is 0 Å². The zero-order valence-electron chi connectivity index (χ0n) is 7.22. The van der Waals surface area contributed by atoms with Crippen LogP contribution in [0.15, 0.2) is 23.2 Å². The van der Waals surface area contributed by atoms with Gasteiger partial charge in [0, 0.05) is 0 Å². The van der Waals surface area contributed by atoms with Gasteiger partial charge in [0.25, 0.3) is 0 Å². The fourth-order valence-corrected chi connectivity index (χ4v) is 0.993. The molecule has 0 radical (unpaired) electrons. The highest BCUT2D eigenvalue weighted by Gasteiger charge is 2.28. The maximum atomic E-state index is 13.4. The molecule has 5 heteroatoms. The first-order valence-corrected chi connectivity index (χ1v) is 3.71. The van der Waals surface area contributed by atoms with Crippen LogP contribution in [0.3, 0.4) is 0 Å². The Bertz CT molecular complexity index is 397. The zero-order valence-corrected chi connectivity index (χ0v) is 7.22. The topological polar surface area (TPSA) is 29.4 Å². The second kappa shape index (κ2) is 3.64. The average Bonchev–Trinajstić information content (AvgIpc) is 2.09. The lowest BCUT2D eigenvalue weighted by molar-refractivity contribution is 0.198. The Kier molecular flexibility index (Phi) is 2.72. The van der Waals surface area contributed by atoms with Gasteiger partial charge in [-0.05, 0) is 25.1 Å². The molecule has 0 aromatic heterocycles. The molecule has 2 nitrogen and oxygen atoms in total. The van der Waals surface area contributed by atoms with Crippen LogP contribution in [0.5, 0.6) is 0 Å². The molecule has 0 heterocycles. The summed E-state index contributed by atoms with van der Waals surface area (Å²) in [5.74, 6) is -4.35. The first kappa shape index (κ1) is 10.5. The Hall–Kier alpha value is -1.61. The number of benzene rings is 1. The molecular formula is C9H6F3NO. The Morgan fingerprint density at radius 2 is 2.07 bits per heavy atom. The summed E-state index contributed by atoms with van der Waals surface area (Å²) in [6, 6.07) is 2.26. The molecule has 0 saturated heterocycles. The van der Waals surface area contributed by atoms with Crippen molar-refractivity contribution < 1.29 is 18.0 Å². The van der Waals surface area contributed by atoms with E-state index in [2.05, 4.69) is 4.99 Å². The number of rotatable bonds is 2. The maximum absolute atomic E-state index is 13.4. The van der Waals surface area contributed by atoms with E-state index in [9.17, 15) is 18.0 Å². The Morgan fingerprint density at radius 1 is 1.43 bits per heavy atom. The molecule has 74 valence electrons. The fraction of sp³-hybridized carbons (Fsp3) is 0.222. The normalized spacial score (nSPS) is 14.3. The molecule has 0 fully saturated rings. The van der Waals surface area contributed by atoms with Crippen molar-refractivity contribution >= 4 is 6.08 Å². The van der Waals surface area contributed by atoms with Crippen molar-refractivity contribution in [3.05, 3.63) is 35.4 Å². The molecule has 0 saturated carbocycles. The molecule has 1 rings (SSSR count). The Labute approximate surface area is 78.1 Å². The van der Waals surface area contributed by atoms with Crippen molar-refractivity contribution in [3.8, 4) is 0 Å². The number of hydrogen-bond donors (Lipinski definition) is 0. The molecule has 0 aliphatic rings. The number of alkyl halides is 1. The maximum Gasteiger partial charge on any atom is 0.238 e. The predicted molar refractivity (Wildman–Crippen MR) is 42.9 cm³/mol. The monoisotopic (exact) mass is 201 g/mol. The van der Waals surface area contributed by atoms with Gasteiger partial charge >= 0.3 is 0 Å². The van der Waals surface area contributed by atoms with Gasteiger partial charge in [0.1, 0.15) is 11.6 Å². The van der Waals surface area contributed by atoms with Gasteiger partial charge in [-0.15, -0.1) is 0 Å². The largest absolute Gasteiger partial charge is 0.238 e. The Morgan fingerprint density at radius 3 is 2.64 bits per heavy atom. The summed E-state index contributed by atoms with van der Waals surface area (Å²) in [5.41, 5.74) is -0.624. The van der Waals surface area contributed by atoms with Crippen LogP contribution in [0, 0.1) is 11.6 Å². The van der Waals surface area contributed by atoms with E-state index < -0.39 is 23.0 Å². The second-order valence-corrected chi connectivity index (χ2v) is 2.78. The number of nitrogens with zero attached hydrogens (tertiary/aromatic N) is 1. The first-order chi connectivity index (χ1) is 6.47. The fourth-order valence-electron chi connectivity index (χ4n) is 0.993. The van der Waals surface area contributed by atoms with E-state index in [-0.39, 0.29) is 0 Å². The standard InChI is InChI=1S/C9H6F3NO/c1-9(12,13-5-14)7-4-6(10)2-3-8(7)11/h2-4H,1H3. The summed E-state index contributed by atoms with van der Waals surface area (Å²) in [5, 5.41) is 0. The van der Waals surface area contributed by atoms with E-state index in [0.717, 1.165) is 25.1 Å². The minimum Gasteiger partial charge on any atom is -0.212 e. The van der Waals surface area contributed by atoms with Crippen LogP contribution in [0.4, 0.5) is 13.2 Å². The van der Waals surface area contributed by atoms with E-state index in [1.54, 1.807) is 0 Å². The lowest BCUT2D eigenvalue weighted by atomic mass is 10.1. The first-order valence-electron chi connectivity index (χ1n) is 3.71. The molecule has 1 aromatic carbocycles. The molecule has 0 aliphatic heterocycles. The third-order valence-electron chi connectivity index (χ3n) is 1.68. The van der Waals surface area contributed by atoms with Gasteiger partial charge in [-0.1, -0.05) is 0 Å². The summed E-state index contributed by atoms with van der Waals surface area (Å²) in [4.78, 5) is 12.6. The molecule has 0 bridgehead atoms. The van der Waals surface area contributed by atoms with E-state index in [1.165, 1.54) is 0 Å². The van der Waals surface area contributed by atoms with Crippen molar-refractivity contribution in [2.45, 2.75) is 12.7 Å². The van der Waals surface area contributed by atoms with Crippen molar-refractivity contribution in [3.63, 3.8) is 0 Å². The number of carbonyl (C=O) groups excluding carboxylic acids is 1. The van der Waals surface area contributed by atoms with Crippen molar-refractivity contribution in [2.24, 2.45) is 4.99 Å². The Balaban J connectivity index is 3.30. The molecule has 14 heavy (non-hydrogen) atoms. The van der Waals surface area contributed by atoms with Gasteiger partial charge in [-0.2, -0.15) is 4.99 Å². The number of halogens is 3. The SMILES string of the molecule is CC(F)(N=C=O)c1cc(F)ccc1F. The van der Waals surface area contributed by atoms with Gasteiger partial charge in [-0.3, -0.25) is 0 Å². The van der Waals surface area contributed by atoms with E-state index in [0.29, 0.717) is 6.07 Å². The van der Waals surface area contributed by atoms with E-state index in [1.807, 2.05) is 0 Å². The summed E-state index contributed by atoms with van der Waals surface area (Å²) in [7, 11) is 0. The molecule has 1 atom stereocenters. The van der Waals surface area contributed by atoms with Gasteiger partial charge in [0.2, 0.25) is 11.9 Å².